The van der Waals surface area contributed by atoms with Gasteiger partial charge in [-0.2, -0.15) is 0 Å². The molecule has 0 saturated heterocycles. The molecule has 10 nitrogen and oxygen atoms in total. The lowest BCUT2D eigenvalue weighted by atomic mass is 10.2. The fourth-order valence-corrected chi connectivity index (χ4v) is 2.80. The van der Waals surface area contributed by atoms with E-state index >= 15 is 0 Å². The van der Waals surface area contributed by atoms with Gasteiger partial charge in [0.25, 0.3) is 11.8 Å². The molecule has 0 fully saturated rings. The number of primary amides is 1. The van der Waals surface area contributed by atoms with Crippen LogP contribution in [0.3, 0.4) is 0 Å². The van der Waals surface area contributed by atoms with Crippen LogP contribution in [0.2, 0.25) is 0 Å². The summed E-state index contributed by atoms with van der Waals surface area (Å²) in [6, 6.07) is 6.98. The van der Waals surface area contributed by atoms with Crippen molar-refractivity contribution in [3.63, 3.8) is 0 Å². The van der Waals surface area contributed by atoms with E-state index < -0.39 is 23.5 Å². The standard InChI is InChI=1S/C18H19N3O4S.C4H8N2O/c1-11(9-22)19-15(23)14-10-26-16(21-14)12-5-7-13(8-6-12)20-17(24)25-18(2,3)4;1-3(6-2)4(5)7/h5-10H,1H2,2-4H3,(H,19,23)(H,20,24);6H,1H2,2H3,(H2,5,7). The Bertz CT molecular complexity index is 1040. The molecule has 0 aliphatic carbocycles. The number of ether oxygens (including phenoxy) is 1. The molecule has 0 spiro atoms. The highest BCUT2D eigenvalue weighted by Gasteiger charge is 2.16. The lowest BCUT2D eigenvalue weighted by Gasteiger charge is -2.19. The Balaban J connectivity index is 0.000000675. The van der Waals surface area contributed by atoms with Gasteiger partial charge in [-0.25, -0.2) is 9.78 Å². The van der Waals surface area contributed by atoms with Crippen LogP contribution in [0.5, 0.6) is 0 Å². The zero-order valence-corrected chi connectivity index (χ0v) is 19.7. The lowest BCUT2D eigenvalue weighted by Crippen LogP contribution is -2.27. The summed E-state index contributed by atoms with van der Waals surface area (Å²) in [6.07, 6.45) is -0.0736. The number of rotatable bonds is 7. The minimum absolute atomic E-state index is 0.0258. The van der Waals surface area contributed by atoms with Crippen molar-refractivity contribution in [1.29, 1.82) is 0 Å². The maximum absolute atomic E-state index is 11.9. The average molecular weight is 474 g/mol. The first-order valence-electron chi connectivity index (χ1n) is 9.54. The van der Waals surface area contributed by atoms with Crippen molar-refractivity contribution in [3.8, 4) is 10.6 Å². The first-order chi connectivity index (χ1) is 15.4. The van der Waals surface area contributed by atoms with Crippen molar-refractivity contribution in [2.24, 2.45) is 5.73 Å². The van der Waals surface area contributed by atoms with Crippen molar-refractivity contribution < 1.29 is 23.9 Å². The summed E-state index contributed by atoms with van der Waals surface area (Å²) < 4.78 is 5.19. The minimum Gasteiger partial charge on any atom is -0.444 e. The Kier molecular flexibility index (Phi) is 9.96. The van der Waals surface area contributed by atoms with E-state index in [0.29, 0.717) is 17.0 Å². The first kappa shape index (κ1) is 27.0. The minimum atomic E-state index is -0.572. The third-order valence-electron chi connectivity index (χ3n) is 3.53. The third-order valence-corrected chi connectivity index (χ3v) is 4.42. The third kappa shape index (κ3) is 9.78. The zero-order valence-electron chi connectivity index (χ0n) is 18.9. The molecule has 3 amide bonds. The quantitative estimate of drug-likeness (QED) is 0.356. The topological polar surface area (TPSA) is 153 Å². The maximum Gasteiger partial charge on any atom is 0.412 e. The first-order valence-corrected chi connectivity index (χ1v) is 10.4. The smallest absolute Gasteiger partial charge is 0.412 e. The van der Waals surface area contributed by atoms with Gasteiger partial charge in [0.1, 0.15) is 16.3 Å². The second-order valence-corrected chi connectivity index (χ2v) is 8.29. The molecule has 1 aromatic carbocycles. The molecule has 1 aromatic heterocycles. The predicted molar refractivity (Wildman–Crippen MR) is 127 cm³/mol. The number of anilines is 1. The van der Waals surface area contributed by atoms with Crippen LogP contribution in [0.25, 0.3) is 10.6 Å². The normalized spacial score (nSPS) is 10.1. The number of amides is 3. The summed E-state index contributed by atoms with van der Waals surface area (Å²) in [7, 11) is 1.59. The Morgan fingerprint density at radius 3 is 2.21 bits per heavy atom. The van der Waals surface area contributed by atoms with Crippen LogP contribution >= 0.6 is 11.3 Å². The number of nitrogens with zero attached hydrogens (tertiary/aromatic N) is 1. The largest absolute Gasteiger partial charge is 0.444 e. The predicted octanol–water partition coefficient (Wildman–Crippen LogP) is 2.80. The van der Waals surface area contributed by atoms with Crippen molar-refractivity contribution in [1.82, 2.24) is 15.6 Å². The summed E-state index contributed by atoms with van der Waals surface area (Å²) in [5.74, 6) is -1.00. The molecule has 33 heavy (non-hydrogen) atoms. The van der Waals surface area contributed by atoms with Gasteiger partial charge >= 0.3 is 6.09 Å². The van der Waals surface area contributed by atoms with Gasteiger partial charge in [-0.05, 0) is 45.0 Å². The Morgan fingerprint density at radius 2 is 1.76 bits per heavy atom. The SMILES string of the molecule is C=C(C=O)NC(=O)c1csc(-c2ccc(NC(=O)OC(C)(C)C)cc2)n1.C=C(NC)C(N)=O. The van der Waals surface area contributed by atoms with E-state index in [4.69, 9.17) is 10.5 Å². The number of hydrogen-bond acceptors (Lipinski definition) is 8. The van der Waals surface area contributed by atoms with E-state index in [-0.39, 0.29) is 17.1 Å². The number of benzene rings is 1. The Morgan fingerprint density at radius 1 is 1.15 bits per heavy atom. The molecular weight excluding hydrogens is 446 g/mol. The van der Waals surface area contributed by atoms with Gasteiger partial charge in [-0.15, -0.1) is 11.3 Å². The van der Waals surface area contributed by atoms with E-state index in [2.05, 4.69) is 34.1 Å². The van der Waals surface area contributed by atoms with E-state index in [1.807, 2.05) is 0 Å². The van der Waals surface area contributed by atoms with Gasteiger partial charge < -0.3 is 21.1 Å². The fourth-order valence-electron chi connectivity index (χ4n) is 1.99. The van der Waals surface area contributed by atoms with Crippen LogP contribution in [0.4, 0.5) is 10.5 Å². The molecule has 0 atom stereocenters. The summed E-state index contributed by atoms with van der Waals surface area (Å²) in [4.78, 5) is 48.4. The average Bonchev–Trinajstić information content (AvgIpc) is 3.23. The second-order valence-electron chi connectivity index (χ2n) is 7.43. The number of allylic oxidation sites excluding steroid dienone is 1. The van der Waals surface area contributed by atoms with E-state index in [1.54, 1.807) is 57.5 Å². The van der Waals surface area contributed by atoms with E-state index in [1.165, 1.54) is 11.3 Å². The van der Waals surface area contributed by atoms with Gasteiger partial charge in [0.2, 0.25) is 0 Å². The number of aldehydes is 1. The Hall–Kier alpha value is -3.99. The molecule has 0 radical (unpaired) electrons. The molecule has 0 saturated carbocycles. The highest BCUT2D eigenvalue weighted by Crippen LogP contribution is 2.25. The molecule has 11 heteroatoms. The van der Waals surface area contributed by atoms with Crippen LogP contribution in [0, 0.1) is 0 Å². The molecule has 1 heterocycles. The van der Waals surface area contributed by atoms with Crippen molar-refractivity contribution >= 4 is 41.2 Å². The highest BCUT2D eigenvalue weighted by molar-refractivity contribution is 7.13. The molecule has 0 aliphatic rings. The number of aromatic nitrogens is 1. The number of hydrogen-bond donors (Lipinski definition) is 4. The molecule has 176 valence electrons. The van der Waals surface area contributed by atoms with Crippen molar-refractivity contribution in [2.75, 3.05) is 12.4 Å². The molecule has 0 bridgehead atoms. The monoisotopic (exact) mass is 473 g/mol. The number of carbonyl (C=O) groups is 4. The zero-order chi connectivity index (χ0) is 25.2. The van der Waals surface area contributed by atoms with Crippen LogP contribution in [-0.2, 0) is 14.3 Å². The number of nitrogens with two attached hydrogens (primary N) is 1. The molecule has 5 N–H and O–H groups in total. The lowest BCUT2D eigenvalue weighted by molar-refractivity contribution is -0.114. The van der Waals surface area contributed by atoms with Crippen molar-refractivity contribution in [3.05, 3.63) is 59.9 Å². The van der Waals surface area contributed by atoms with Gasteiger partial charge in [0.05, 0.1) is 11.4 Å². The Labute approximate surface area is 195 Å². The maximum atomic E-state index is 11.9. The van der Waals surface area contributed by atoms with Crippen LogP contribution < -0.4 is 21.7 Å². The van der Waals surface area contributed by atoms with E-state index in [9.17, 15) is 19.2 Å². The van der Waals surface area contributed by atoms with Crippen LogP contribution in [0.1, 0.15) is 31.3 Å². The molecular formula is C22H27N5O5S. The van der Waals surface area contributed by atoms with Crippen molar-refractivity contribution in [2.45, 2.75) is 26.4 Å². The number of thiazole rings is 1. The summed E-state index contributed by atoms with van der Waals surface area (Å²) in [6.45, 7) is 12.0. The highest BCUT2D eigenvalue weighted by atomic mass is 32.1. The summed E-state index contributed by atoms with van der Waals surface area (Å²) in [5.41, 5.74) is 5.95. The molecule has 0 unspecified atom stereocenters. The summed E-state index contributed by atoms with van der Waals surface area (Å²) in [5, 5.41) is 9.71. The van der Waals surface area contributed by atoms with Crippen LogP contribution in [0.15, 0.2) is 54.2 Å². The molecule has 2 aromatic rings. The second kappa shape index (κ2) is 12.2. The summed E-state index contributed by atoms with van der Waals surface area (Å²) >= 11 is 1.29. The van der Waals surface area contributed by atoms with E-state index in [0.717, 1.165) is 5.56 Å². The fraction of sp³-hybridized carbons (Fsp3) is 0.227. The number of nitrogens with one attached hydrogen (secondary N) is 3. The van der Waals surface area contributed by atoms with Gasteiger partial charge in [-0.3, -0.25) is 19.7 Å². The number of likely N-dealkylation sites (N-methyl/N-ethyl adjacent to an activating group) is 1. The van der Waals surface area contributed by atoms with Crippen LogP contribution in [-0.4, -0.2) is 41.8 Å². The van der Waals surface area contributed by atoms with Gasteiger partial charge in [0, 0.05) is 23.7 Å². The molecule has 0 aliphatic heterocycles. The molecule has 2 rings (SSSR count). The number of carbonyl (C=O) groups excluding carboxylic acids is 4. The van der Waals surface area contributed by atoms with Gasteiger partial charge in [0.15, 0.2) is 6.29 Å². The van der Waals surface area contributed by atoms with Gasteiger partial charge in [-0.1, -0.05) is 13.2 Å².